The SMILES string of the molecule is COCCn1nc(COc2ccccc2CC(=O)O)c2cc(-c3ccc4ccnc(N)c4c3)ccc21. The van der Waals surface area contributed by atoms with Crippen LogP contribution < -0.4 is 10.5 Å². The van der Waals surface area contributed by atoms with Crippen molar-refractivity contribution in [2.24, 2.45) is 0 Å². The number of hydrogen-bond acceptors (Lipinski definition) is 6. The molecule has 8 nitrogen and oxygen atoms in total. The van der Waals surface area contributed by atoms with Crippen LogP contribution in [-0.2, 0) is 29.1 Å². The topological polar surface area (TPSA) is 112 Å². The molecular formula is C28H26N4O4. The number of para-hydroxylation sites is 1. The van der Waals surface area contributed by atoms with E-state index in [0.717, 1.165) is 38.5 Å². The molecule has 0 saturated heterocycles. The Morgan fingerprint density at radius 1 is 1.03 bits per heavy atom. The predicted octanol–water partition coefficient (Wildman–Crippen LogP) is 4.69. The Morgan fingerprint density at radius 3 is 2.61 bits per heavy atom. The summed E-state index contributed by atoms with van der Waals surface area (Å²) in [5, 5.41) is 16.9. The highest BCUT2D eigenvalue weighted by atomic mass is 16.5. The van der Waals surface area contributed by atoms with E-state index in [9.17, 15) is 9.90 Å². The molecule has 0 unspecified atom stereocenters. The minimum absolute atomic E-state index is 0.108. The molecule has 36 heavy (non-hydrogen) atoms. The zero-order valence-corrected chi connectivity index (χ0v) is 19.8. The molecule has 0 aliphatic rings. The number of ether oxygens (including phenoxy) is 2. The van der Waals surface area contributed by atoms with Gasteiger partial charge >= 0.3 is 5.97 Å². The Balaban J connectivity index is 1.53. The third-order valence-corrected chi connectivity index (χ3v) is 6.14. The molecule has 3 N–H and O–H groups in total. The first kappa shape index (κ1) is 23.3. The zero-order valence-electron chi connectivity index (χ0n) is 19.8. The van der Waals surface area contributed by atoms with Crippen molar-refractivity contribution < 1.29 is 19.4 Å². The number of fused-ring (bicyclic) bond motifs is 2. The summed E-state index contributed by atoms with van der Waals surface area (Å²) in [5.41, 5.74) is 10.5. The van der Waals surface area contributed by atoms with Crippen LogP contribution >= 0.6 is 0 Å². The van der Waals surface area contributed by atoms with E-state index in [1.165, 1.54) is 0 Å². The molecule has 5 aromatic rings. The third kappa shape index (κ3) is 4.71. The van der Waals surface area contributed by atoms with Gasteiger partial charge in [-0.1, -0.05) is 36.4 Å². The number of carbonyl (C=O) groups is 1. The van der Waals surface area contributed by atoms with Crippen LogP contribution in [0.25, 0.3) is 32.8 Å². The van der Waals surface area contributed by atoms with Gasteiger partial charge in [0.1, 0.15) is 23.9 Å². The molecule has 0 radical (unpaired) electrons. The number of anilines is 1. The second-order valence-electron chi connectivity index (χ2n) is 8.49. The van der Waals surface area contributed by atoms with Crippen LogP contribution in [0.1, 0.15) is 11.3 Å². The van der Waals surface area contributed by atoms with Crippen molar-refractivity contribution in [3.8, 4) is 16.9 Å². The van der Waals surface area contributed by atoms with Gasteiger partial charge in [0, 0.05) is 29.6 Å². The molecule has 2 aromatic heterocycles. The van der Waals surface area contributed by atoms with E-state index in [2.05, 4.69) is 23.2 Å². The molecular weight excluding hydrogens is 456 g/mol. The molecule has 182 valence electrons. The Labute approximate surface area is 207 Å². The van der Waals surface area contributed by atoms with Crippen LogP contribution in [-0.4, -0.2) is 39.6 Å². The van der Waals surface area contributed by atoms with Gasteiger partial charge in [-0.15, -0.1) is 0 Å². The van der Waals surface area contributed by atoms with Crippen LogP contribution in [0.3, 0.4) is 0 Å². The molecule has 0 aliphatic heterocycles. The van der Waals surface area contributed by atoms with Gasteiger partial charge in [-0.3, -0.25) is 9.48 Å². The summed E-state index contributed by atoms with van der Waals surface area (Å²) < 4.78 is 13.2. The Hall–Kier alpha value is -4.43. The van der Waals surface area contributed by atoms with Crippen molar-refractivity contribution in [1.29, 1.82) is 0 Å². The van der Waals surface area contributed by atoms with E-state index >= 15 is 0 Å². The van der Waals surface area contributed by atoms with Crippen LogP contribution in [0.4, 0.5) is 5.82 Å². The number of aliphatic carboxylic acids is 1. The van der Waals surface area contributed by atoms with Crippen LogP contribution in [0, 0.1) is 0 Å². The fourth-order valence-corrected chi connectivity index (χ4v) is 4.35. The number of hydrogen-bond donors (Lipinski definition) is 2. The maximum atomic E-state index is 11.3. The number of rotatable bonds is 9. The molecule has 0 spiro atoms. The lowest BCUT2D eigenvalue weighted by atomic mass is 10.00. The molecule has 0 atom stereocenters. The van der Waals surface area contributed by atoms with Crippen molar-refractivity contribution in [3.05, 3.63) is 84.2 Å². The van der Waals surface area contributed by atoms with Gasteiger partial charge in [0.25, 0.3) is 0 Å². The molecule has 0 aliphatic carbocycles. The van der Waals surface area contributed by atoms with Crippen molar-refractivity contribution in [2.75, 3.05) is 19.5 Å². The van der Waals surface area contributed by atoms with Crippen LogP contribution in [0.5, 0.6) is 5.75 Å². The highest BCUT2D eigenvalue weighted by Crippen LogP contribution is 2.31. The van der Waals surface area contributed by atoms with E-state index in [4.69, 9.17) is 20.3 Å². The molecule has 0 saturated carbocycles. The molecule has 0 bridgehead atoms. The fourth-order valence-electron chi connectivity index (χ4n) is 4.35. The average molecular weight is 483 g/mol. The number of benzene rings is 3. The standard InChI is InChI=1S/C28H26N4O4/c1-35-13-12-32-25-9-8-20(19-7-6-18-10-11-30-28(29)22(18)14-19)15-23(25)24(31-32)17-36-26-5-3-2-4-21(26)16-27(33)34/h2-11,14-15H,12-13,16-17H2,1H3,(H2,29,30)(H,33,34). The normalized spacial score (nSPS) is 11.2. The van der Waals surface area contributed by atoms with Gasteiger partial charge in [-0.05, 0) is 46.8 Å². The summed E-state index contributed by atoms with van der Waals surface area (Å²) in [6.45, 7) is 1.32. The third-order valence-electron chi connectivity index (χ3n) is 6.14. The lowest BCUT2D eigenvalue weighted by Gasteiger charge is -2.09. The lowest BCUT2D eigenvalue weighted by Crippen LogP contribution is -2.07. The number of aromatic nitrogens is 3. The first-order chi connectivity index (χ1) is 17.5. The lowest BCUT2D eigenvalue weighted by molar-refractivity contribution is -0.136. The van der Waals surface area contributed by atoms with Gasteiger partial charge in [0.15, 0.2) is 0 Å². The summed E-state index contributed by atoms with van der Waals surface area (Å²) in [6.07, 6.45) is 1.60. The van der Waals surface area contributed by atoms with Gasteiger partial charge in [-0.2, -0.15) is 5.10 Å². The van der Waals surface area contributed by atoms with Gasteiger partial charge < -0.3 is 20.3 Å². The summed E-state index contributed by atoms with van der Waals surface area (Å²) in [7, 11) is 1.66. The van der Waals surface area contributed by atoms with E-state index in [1.807, 2.05) is 35.0 Å². The predicted molar refractivity (Wildman–Crippen MR) is 139 cm³/mol. The number of methoxy groups -OCH3 is 1. The van der Waals surface area contributed by atoms with Crippen molar-refractivity contribution >= 4 is 33.5 Å². The van der Waals surface area contributed by atoms with Gasteiger partial charge in [-0.25, -0.2) is 4.98 Å². The number of pyridine rings is 1. The summed E-state index contributed by atoms with van der Waals surface area (Å²) in [4.78, 5) is 15.5. The van der Waals surface area contributed by atoms with Gasteiger partial charge in [0.2, 0.25) is 0 Å². The second-order valence-corrected chi connectivity index (χ2v) is 8.49. The van der Waals surface area contributed by atoms with E-state index in [0.29, 0.717) is 30.3 Å². The van der Waals surface area contributed by atoms with Crippen LogP contribution in [0.2, 0.25) is 0 Å². The number of nitrogen functional groups attached to an aromatic ring is 1. The fraction of sp³-hybridized carbons (Fsp3) is 0.179. The Bertz CT molecular complexity index is 1560. The largest absolute Gasteiger partial charge is 0.487 e. The zero-order chi connectivity index (χ0) is 25.1. The minimum Gasteiger partial charge on any atom is -0.487 e. The van der Waals surface area contributed by atoms with Crippen molar-refractivity contribution in [1.82, 2.24) is 14.8 Å². The van der Waals surface area contributed by atoms with Crippen molar-refractivity contribution in [2.45, 2.75) is 19.6 Å². The maximum absolute atomic E-state index is 11.3. The quantitative estimate of drug-likeness (QED) is 0.313. The average Bonchev–Trinajstić information content (AvgIpc) is 3.23. The molecule has 5 rings (SSSR count). The smallest absolute Gasteiger partial charge is 0.307 e. The van der Waals surface area contributed by atoms with E-state index in [-0.39, 0.29) is 13.0 Å². The molecule has 0 fully saturated rings. The monoisotopic (exact) mass is 482 g/mol. The highest BCUT2D eigenvalue weighted by Gasteiger charge is 2.15. The van der Waals surface area contributed by atoms with E-state index < -0.39 is 5.97 Å². The van der Waals surface area contributed by atoms with Crippen LogP contribution in [0.15, 0.2) is 72.9 Å². The molecule has 8 heteroatoms. The summed E-state index contributed by atoms with van der Waals surface area (Å²) in [6, 6.07) is 21.5. The second kappa shape index (κ2) is 10.1. The Kier molecular flexibility index (Phi) is 6.51. The first-order valence-corrected chi connectivity index (χ1v) is 11.6. The molecule has 0 amide bonds. The summed E-state index contributed by atoms with van der Waals surface area (Å²) in [5.74, 6) is 0.126. The van der Waals surface area contributed by atoms with Gasteiger partial charge in [0.05, 0.1) is 25.1 Å². The minimum atomic E-state index is -0.906. The highest BCUT2D eigenvalue weighted by molar-refractivity contribution is 5.95. The van der Waals surface area contributed by atoms with E-state index in [1.54, 1.807) is 31.5 Å². The number of nitrogens with zero attached hydrogens (tertiary/aromatic N) is 3. The summed E-state index contributed by atoms with van der Waals surface area (Å²) >= 11 is 0. The molecule has 2 heterocycles. The maximum Gasteiger partial charge on any atom is 0.307 e. The number of carboxylic acid groups (broad SMARTS) is 1. The first-order valence-electron chi connectivity index (χ1n) is 11.6. The van der Waals surface area contributed by atoms with Crippen molar-refractivity contribution in [3.63, 3.8) is 0 Å². The Morgan fingerprint density at radius 2 is 1.81 bits per heavy atom. The number of carboxylic acids is 1. The number of nitrogens with two attached hydrogens (primary N) is 1. The molecule has 3 aromatic carbocycles.